The number of amides is 1. The molecule has 0 aliphatic carbocycles. The van der Waals surface area contributed by atoms with Crippen LogP contribution in [0, 0.1) is 25.2 Å². The van der Waals surface area contributed by atoms with Crippen molar-refractivity contribution in [3.8, 4) is 5.75 Å². The zero-order valence-corrected chi connectivity index (χ0v) is 15.1. The fourth-order valence-electron chi connectivity index (χ4n) is 3.72. The summed E-state index contributed by atoms with van der Waals surface area (Å²) in [7, 11) is 0. The number of carboxylic acids is 1. The summed E-state index contributed by atoms with van der Waals surface area (Å²) in [6.45, 7) is 5.06. The van der Waals surface area contributed by atoms with Crippen LogP contribution in [0.5, 0.6) is 5.75 Å². The van der Waals surface area contributed by atoms with Crippen LogP contribution < -0.4 is 4.74 Å². The van der Waals surface area contributed by atoms with E-state index in [0.29, 0.717) is 37.0 Å². The molecule has 7 heteroatoms. The van der Waals surface area contributed by atoms with E-state index >= 15 is 0 Å². The molecule has 0 bridgehead atoms. The van der Waals surface area contributed by atoms with Gasteiger partial charge < -0.3 is 19.5 Å². The standard InChI is InChI=1S/C18H22ClNO5/c1-11-5-14(6-12(2)16(11)19)25-9-15(21)20-7-13-8-24-4-3-18(13,10-20)17(22)23/h5-6,13H,3-4,7-10H2,1-2H3,(H,22,23)/t13-,18+/m0/s1. The van der Waals surface area contributed by atoms with E-state index in [1.165, 1.54) is 0 Å². The molecular formula is C18H22ClNO5. The van der Waals surface area contributed by atoms with Gasteiger partial charge in [0.25, 0.3) is 5.91 Å². The molecule has 3 rings (SSSR count). The van der Waals surface area contributed by atoms with Crippen LogP contribution in [0.25, 0.3) is 0 Å². The molecule has 2 aliphatic rings. The first-order valence-electron chi connectivity index (χ1n) is 8.32. The van der Waals surface area contributed by atoms with E-state index in [9.17, 15) is 14.7 Å². The molecule has 2 saturated heterocycles. The Morgan fingerprint density at radius 1 is 1.40 bits per heavy atom. The monoisotopic (exact) mass is 367 g/mol. The summed E-state index contributed by atoms with van der Waals surface area (Å²) >= 11 is 6.13. The lowest BCUT2D eigenvalue weighted by Gasteiger charge is -2.33. The highest BCUT2D eigenvalue weighted by Crippen LogP contribution is 2.42. The van der Waals surface area contributed by atoms with Crippen LogP contribution in [0.3, 0.4) is 0 Å². The SMILES string of the molecule is Cc1cc(OCC(=O)N2C[C@H]3COCC[C@@]3(C(=O)O)C2)cc(C)c1Cl. The molecule has 0 saturated carbocycles. The predicted octanol–water partition coefficient (Wildman–Crippen LogP) is 2.29. The van der Waals surface area contributed by atoms with Gasteiger partial charge in [0, 0.05) is 30.6 Å². The second kappa shape index (κ2) is 6.84. The Hall–Kier alpha value is -1.79. The minimum absolute atomic E-state index is 0.121. The van der Waals surface area contributed by atoms with Gasteiger partial charge in [-0.2, -0.15) is 0 Å². The van der Waals surface area contributed by atoms with Gasteiger partial charge in [-0.25, -0.2) is 0 Å². The highest BCUT2D eigenvalue weighted by molar-refractivity contribution is 6.32. The van der Waals surface area contributed by atoms with E-state index in [1.807, 2.05) is 13.8 Å². The van der Waals surface area contributed by atoms with E-state index in [0.717, 1.165) is 11.1 Å². The van der Waals surface area contributed by atoms with Crippen molar-refractivity contribution in [3.63, 3.8) is 0 Å². The van der Waals surface area contributed by atoms with Crippen LogP contribution in [0.1, 0.15) is 17.5 Å². The molecule has 1 aromatic carbocycles. The highest BCUT2D eigenvalue weighted by Gasteiger charge is 2.54. The molecule has 2 aliphatic heterocycles. The quantitative estimate of drug-likeness (QED) is 0.883. The van der Waals surface area contributed by atoms with Crippen molar-refractivity contribution in [1.82, 2.24) is 4.90 Å². The molecule has 1 N–H and O–H groups in total. The Labute approximate surface area is 151 Å². The van der Waals surface area contributed by atoms with Gasteiger partial charge >= 0.3 is 5.97 Å². The lowest BCUT2D eigenvalue weighted by Crippen LogP contribution is -2.45. The number of carboxylic acid groups (broad SMARTS) is 1. The van der Waals surface area contributed by atoms with E-state index in [4.69, 9.17) is 21.1 Å². The molecule has 0 aromatic heterocycles. The Balaban J connectivity index is 1.65. The number of aliphatic carboxylic acids is 1. The summed E-state index contributed by atoms with van der Waals surface area (Å²) in [4.78, 5) is 25.9. The predicted molar refractivity (Wildman–Crippen MR) is 92.0 cm³/mol. The fourth-order valence-corrected chi connectivity index (χ4v) is 3.82. The van der Waals surface area contributed by atoms with Gasteiger partial charge in [-0.15, -0.1) is 0 Å². The maximum absolute atomic E-state index is 12.5. The molecular weight excluding hydrogens is 346 g/mol. The molecule has 2 fully saturated rings. The molecule has 6 nitrogen and oxygen atoms in total. The Morgan fingerprint density at radius 3 is 2.68 bits per heavy atom. The molecule has 1 amide bonds. The summed E-state index contributed by atoms with van der Waals surface area (Å²) < 4.78 is 11.0. The third-order valence-corrected chi connectivity index (χ3v) is 5.85. The van der Waals surface area contributed by atoms with Crippen LogP contribution in [0.15, 0.2) is 12.1 Å². The van der Waals surface area contributed by atoms with E-state index in [-0.39, 0.29) is 25.0 Å². The van der Waals surface area contributed by atoms with Crippen LogP contribution in [0.4, 0.5) is 0 Å². The molecule has 2 heterocycles. The Kier molecular flexibility index (Phi) is 4.93. The number of hydrogen-bond acceptors (Lipinski definition) is 4. The van der Waals surface area contributed by atoms with Crippen molar-refractivity contribution >= 4 is 23.5 Å². The first-order valence-corrected chi connectivity index (χ1v) is 8.70. The molecule has 136 valence electrons. The van der Waals surface area contributed by atoms with Crippen molar-refractivity contribution in [2.24, 2.45) is 11.3 Å². The van der Waals surface area contributed by atoms with Gasteiger partial charge in [-0.1, -0.05) is 11.6 Å². The van der Waals surface area contributed by atoms with Crippen molar-refractivity contribution < 1.29 is 24.2 Å². The van der Waals surface area contributed by atoms with E-state index < -0.39 is 11.4 Å². The maximum Gasteiger partial charge on any atom is 0.311 e. The zero-order valence-electron chi connectivity index (χ0n) is 14.4. The van der Waals surface area contributed by atoms with Crippen molar-refractivity contribution in [2.45, 2.75) is 20.3 Å². The average Bonchev–Trinajstić information content (AvgIpc) is 2.98. The normalized spacial score (nSPS) is 25.6. The number of carbonyl (C=O) groups excluding carboxylic acids is 1. The number of fused-ring (bicyclic) bond motifs is 1. The Bertz CT molecular complexity index is 684. The third-order valence-electron chi connectivity index (χ3n) is 5.26. The van der Waals surface area contributed by atoms with Crippen LogP contribution in [-0.4, -0.2) is 54.8 Å². The minimum atomic E-state index is -0.888. The summed E-state index contributed by atoms with van der Waals surface area (Å²) in [5, 5.41) is 10.3. The molecule has 25 heavy (non-hydrogen) atoms. The lowest BCUT2D eigenvalue weighted by molar-refractivity contribution is -0.157. The minimum Gasteiger partial charge on any atom is -0.484 e. The summed E-state index contributed by atoms with van der Waals surface area (Å²) in [5.74, 6) is -0.635. The zero-order chi connectivity index (χ0) is 18.2. The summed E-state index contributed by atoms with van der Waals surface area (Å²) in [5.41, 5.74) is 0.887. The fraction of sp³-hybridized carbons (Fsp3) is 0.556. The van der Waals surface area contributed by atoms with E-state index in [2.05, 4.69) is 0 Å². The number of hydrogen-bond donors (Lipinski definition) is 1. The molecule has 2 atom stereocenters. The topological polar surface area (TPSA) is 76.1 Å². The van der Waals surface area contributed by atoms with Gasteiger partial charge in [-0.3, -0.25) is 9.59 Å². The highest BCUT2D eigenvalue weighted by atomic mass is 35.5. The number of aryl methyl sites for hydroxylation is 2. The van der Waals surface area contributed by atoms with Crippen LogP contribution in [-0.2, 0) is 14.3 Å². The molecule has 0 spiro atoms. The van der Waals surface area contributed by atoms with Gasteiger partial charge in [0.05, 0.1) is 12.0 Å². The Morgan fingerprint density at radius 2 is 2.08 bits per heavy atom. The van der Waals surface area contributed by atoms with Gasteiger partial charge in [0.1, 0.15) is 5.75 Å². The second-order valence-electron chi connectivity index (χ2n) is 6.92. The largest absolute Gasteiger partial charge is 0.484 e. The smallest absolute Gasteiger partial charge is 0.311 e. The average molecular weight is 368 g/mol. The van der Waals surface area contributed by atoms with Crippen LogP contribution in [0.2, 0.25) is 5.02 Å². The number of carbonyl (C=O) groups is 2. The number of rotatable bonds is 4. The van der Waals surface area contributed by atoms with Crippen molar-refractivity contribution in [2.75, 3.05) is 32.9 Å². The maximum atomic E-state index is 12.5. The summed E-state index contributed by atoms with van der Waals surface area (Å²) in [6, 6.07) is 3.58. The number of nitrogens with zero attached hydrogens (tertiary/aromatic N) is 1. The van der Waals surface area contributed by atoms with E-state index in [1.54, 1.807) is 17.0 Å². The van der Waals surface area contributed by atoms with Gasteiger partial charge in [0.15, 0.2) is 6.61 Å². The number of benzene rings is 1. The van der Waals surface area contributed by atoms with Crippen molar-refractivity contribution in [1.29, 1.82) is 0 Å². The molecule has 0 radical (unpaired) electrons. The van der Waals surface area contributed by atoms with Gasteiger partial charge in [-0.05, 0) is 43.5 Å². The summed E-state index contributed by atoms with van der Waals surface area (Å²) in [6.07, 6.45) is 0.438. The lowest BCUT2D eigenvalue weighted by atomic mass is 9.74. The number of halogens is 1. The molecule has 0 unspecified atom stereocenters. The number of ether oxygens (including phenoxy) is 2. The van der Waals surface area contributed by atoms with Crippen molar-refractivity contribution in [3.05, 3.63) is 28.3 Å². The second-order valence-corrected chi connectivity index (χ2v) is 7.30. The van der Waals surface area contributed by atoms with Gasteiger partial charge in [0.2, 0.25) is 0 Å². The first kappa shape index (κ1) is 18.0. The number of likely N-dealkylation sites (tertiary alicyclic amines) is 1. The first-order chi connectivity index (χ1) is 11.8. The van der Waals surface area contributed by atoms with Crippen LogP contribution >= 0.6 is 11.6 Å². The third kappa shape index (κ3) is 3.33. The molecule has 1 aromatic rings.